The summed E-state index contributed by atoms with van der Waals surface area (Å²) in [6.07, 6.45) is 11.3. The molecule has 1 aromatic rings. The first-order chi connectivity index (χ1) is 12.1. The molecule has 0 saturated carbocycles. The molecular weight excluding hydrogens is 333 g/mol. The van der Waals surface area contributed by atoms with Crippen molar-refractivity contribution in [3.63, 3.8) is 0 Å². The molecule has 0 aliphatic heterocycles. The number of carbonyl (C=O) groups is 1. The molecule has 0 fully saturated rings. The minimum atomic E-state index is -3.28. The van der Waals surface area contributed by atoms with Crippen LogP contribution in [0.1, 0.15) is 69.4 Å². The molecule has 0 radical (unpaired) electrons. The summed E-state index contributed by atoms with van der Waals surface area (Å²) < 4.78 is 0. The van der Waals surface area contributed by atoms with Crippen LogP contribution in [-0.2, 0) is 17.8 Å². The van der Waals surface area contributed by atoms with Crippen LogP contribution in [0.4, 0.5) is 0 Å². The molecule has 3 N–H and O–H groups in total. The van der Waals surface area contributed by atoms with Gasteiger partial charge in [0.25, 0.3) is 0 Å². The van der Waals surface area contributed by atoms with Crippen molar-refractivity contribution in [3.8, 4) is 0 Å². The summed E-state index contributed by atoms with van der Waals surface area (Å²) in [6.45, 7) is 3.69. The van der Waals surface area contributed by atoms with Gasteiger partial charge in [-0.3, -0.25) is 4.79 Å². The van der Waals surface area contributed by atoms with Crippen molar-refractivity contribution in [2.24, 2.45) is 0 Å². The van der Waals surface area contributed by atoms with Crippen molar-refractivity contribution in [1.82, 2.24) is 5.32 Å². The number of hydrogen-bond donors (Lipinski definition) is 3. The molecule has 0 unspecified atom stereocenters. The normalized spacial score (nSPS) is 11.6. The molecule has 5 heteroatoms. The standard InChI is InChI=1S/C20H35NO3P/c1-2-3-4-5-6-7-8-10-19-11-13-20(14-12-19)17-21-15-9-16-25(23,24)18-22/h11-14,18,21,23-24H,2-10,15-17H2,1H3/q+1. The molecule has 142 valence electrons. The monoisotopic (exact) mass is 368 g/mol. The Bertz CT molecular complexity index is 463. The fourth-order valence-electron chi connectivity index (χ4n) is 2.83. The molecule has 0 aliphatic rings. The second kappa shape index (κ2) is 13.4. The molecule has 1 aromatic carbocycles. The molecule has 1 rings (SSSR count). The van der Waals surface area contributed by atoms with Crippen LogP contribution in [-0.4, -0.2) is 28.5 Å². The lowest BCUT2D eigenvalue weighted by atomic mass is 10.0. The topological polar surface area (TPSA) is 69.6 Å². The predicted octanol–water partition coefficient (Wildman–Crippen LogP) is 4.48. The van der Waals surface area contributed by atoms with Gasteiger partial charge in [0, 0.05) is 6.54 Å². The molecule has 25 heavy (non-hydrogen) atoms. The Morgan fingerprint density at radius 3 is 2.16 bits per heavy atom. The highest BCUT2D eigenvalue weighted by Crippen LogP contribution is 2.46. The summed E-state index contributed by atoms with van der Waals surface area (Å²) in [7, 11) is -3.28. The van der Waals surface area contributed by atoms with E-state index in [0.29, 0.717) is 13.0 Å². The number of carbonyl (C=O) groups excluding carboxylic acids is 1. The molecule has 0 spiro atoms. The molecule has 4 nitrogen and oxygen atoms in total. The van der Waals surface area contributed by atoms with E-state index < -0.39 is 7.72 Å². The Morgan fingerprint density at radius 2 is 1.52 bits per heavy atom. The molecule has 0 bridgehead atoms. The third kappa shape index (κ3) is 11.4. The average Bonchev–Trinajstić information content (AvgIpc) is 2.62. The van der Waals surface area contributed by atoms with Gasteiger partial charge < -0.3 is 5.32 Å². The first kappa shape index (κ1) is 22.2. The van der Waals surface area contributed by atoms with Crippen LogP contribution in [0.5, 0.6) is 0 Å². The Balaban J connectivity index is 2.10. The van der Waals surface area contributed by atoms with E-state index in [-0.39, 0.29) is 12.2 Å². The minimum Gasteiger partial charge on any atom is -0.313 e. The van der Waals surface area contributed by atoms with Gasteiger partial charge in [-0.2, -0.15) is 0 Å². The van der Waals surface area contributed by atoms with Gasteiger partial charge in [-0.25, -0.2) is 9.79 Å². The fourth-order valence-corrected chi connectivity index (χ4v) is 3.56. The number of aryl methyl sites for hydroxylation is 1. The quantitative estimate of drug-likeness (QED) is 0.242. The van der Waals surface area contributed by atoms with Crippen LogP contribution >= 0.6 is 7.72 Å². The van der Waals surface area contributed by atoms with Crippen molar-refractivity contribution in [2.45, 2.75) is 71.3 Å². The molecule has 0 atom stereocenters. The van der Waals surface area contributed by atoms with Crippen molar-refractivity contribution in [1.29, 1.82) is 0 Å². The summed E-state index contributed by atoms with van der Waals surface area (Å²) in [5.74, 6) is 0. The van der Waals surface area contributed by atoms with Gasteiger partial charge in [0.1, 0.15) is 6.16 Å². The van der Waals surface area contributed by atoms with Crippen molar-refractivity contribution in [2.75, 3.05) is 12.7 Å². The summed E-state index contributed by atoms with van der Waals surface area (Å²) in [5.41, 5.74) is 2.63. The Morgan fingerprint density at radius 1 is 0.920 bits per heavy atom. The summed E-state index contributed by atoms with van der Waals surface area (Å²) >= 11 is 0. The maximum atomic E-state index is 10.4. The maximum absolute atomic E-state index is 10.4. The maximum Gasteiger partial charge on any atom is 0.333 e. The van der Waals surface area contributed by atoms with Gasteiger partial charge in [0.2, 0.25) is 0 Å². The highest BCUT2D eigenvalue weighted by Gasteiger charge is 2.31. The zero-order valence-electron chi connectivity index (χ0n) is 15.6. The second-order valence-electron chi connectivity index (χ2n) is 6.83. The number of hydrogen-bond acceptors (Lipinski definition) is 4. The number of rotatable bonds is 15. The van der Waals surface area contributed by atoms with Gasteiger partial charge in [-0.15, -0.1) is 0 Å². The fraction of sp³-hybridized carbons (Fsp3) is 0.650. The van der Waals surface area contributed by atoms with E-state index in [9.17, 15) is 14.6 Å². The first-order valence-electron chi connectivity index (χ1n) is 9.65. The van der Waals surface area contributed by atoms with Crippen LogP contribution in [0.3, 0.4) is 0 Å². The zero-order chi connectivity index (χ0) is 18.4. The van der Waals surface area contributed by atoms with Crippen molar-refractivity contribution >= 4 is 13.7 Å². The largest absolute Gasteiger partial charge is 0.333 e. The van der Waals surface area contributed by atoms with Gasteiger partial charge >= 0.3 is 13.7 Å². The Labute approximate surface area is 153 Å². The molecule has 0 amide bonds. The predicted molar refractivity (Wildman–Crippen MR) is 107 cm³/mol. The Kier molecular flexibility index (Phi) is 11.9. The minimum absolute atomic E-state index is 0.168. The third-order valence-corrected chi connectivity index (χ3v) is 5.74. The smallest absolute Gasteiger partial charge is 0.313 e. The van der Waals surface area contributed by atoms with Gasteiger partial charge in [-0.1, -0.05) is 69.7 Å². The molecule has 0 aliphatic carbocycles. The molecular formula is C20H35NO3P+. The van der Waals surface area contributed by atoms with Crippen LogP contribution in [0, 0.1) is 0 Å². The number of unbranched alkanes of at least 4 members (excludes halogenated alkanes) is 6. The third-order valence-electron chi connectivity index (χ3n) is 4.43. The average molecular weight is 368 g/mol. The van der Waals surface area contributed by atoms with Crippen molar-refractivity contribution in [3.05, 3.63) is 35.4 Å². The summed E-state index contributed by atoms with van der Waals surface area (Å²) in [4.78, 5) is 29.0. The lowest BCUT2D eigenvalue weighted by molar-refractivity contribution is 0.454. The highest BCUT2D eigenvalue weighted by molar-refractivity contribution is 7.78. The van der Waals surface area contributed by atoms with E-state index in [1.807, 2.05) is 0 Å². The van der Waals surface area contributed by atoms with Crippen LogP contribution in [0.2, 0.25) is 0 Å². The molecule has 0 saturated heterocycles. The summed E-state index contributed by atoms with van der Waals surface area (Å²) in [5, 5.41) is 3.27. The highest BCUT2D eigenvalue weighted by atomic mass is 31.2. The van der Waals surface area contributed by atoms with E-state index in [2.05, 4.69) is 36.5 Å². The SMILES string of the molecule is CCCCCCCCCc1ccc(CNCCC[P+](O)(O)C=O)cc1. The van der Waals surface area contributed by atoms with E-state index in [1.165, 1.54) is 56.1 Å². The van der Waals surface area contributed by atoms with Crippen LogP contribution < -0.4 is 5.32 Å². The lowest BCUT2D eigenvalue weighted by Crippen LogP contribution is -2.16. The van der Waals surface area contributed by atoms with Gasteiger partial charge in [0.05, 0.1) is 0 Å². The zero-order valence-corrected chi connectivity index (χ0v) is 16.5. The van der Waals surface area contributed by atoms with E-state index in [1.54, 1.807) is 0 Å². The van der Waals surface area contributed by atoms with E-state index in [4.69, 9.17) is 0 Å². The first-order valence-corrected chi connectivity index (χ1v) is 11.6. The van der Waals surface area contributed by atoms with Crippen molar-refractivity contribution < 1.29 is 14.6 Å². The van der Waals surface area contributed by atoms with E-state index in [0.717, 1.165) is 13.0 Å². The number of benzene rings is 1. The molecule has 0 aromatic heterocycles. The summed E-state index contributed by atoms with van der Waals surface area (Å²) in [6, 6.07) is 9.02. The number of nitrogens with one attached hydrogen (secondary N) is 1. The lowest BCUT2D eigenvalue weighted by Gasteiger charge is -2.07. The van der Waals surface area contributed by atoms with Crippen LogP contribution in [0.15, 0.2) is 24.3 Å². The Hall–Kier alpha value is -0.800. The molecule has 0 heterocycles. The second-order valence-corrected chi connectivity index (χ2v) is 9.06. The van der Waals surface area contributed by atoms with E-state index >= 15 is 0 Å². The van der Waals surface area contributed by atoms with Gasteiger partial charge in [0.15, 0.2) is 0 Å². The van der Waals surface area contributed by atoms with Gasteiger partial charge in [-0.05, 0) is 36.9 Å². The van der Waals surface area contributed by atoms with Crippen LogP contribution in [0.25, 0.3) is 0 Å².